The number of Topliss-reactive ketones (excluding diaryl/α,β-unsaturated/α-hetero) is 1. The van der Waals surface area contributed by atoms with Crippen molar-refractivity contribution < 1.29 is 14.3 Å². The van der Waals surface area contributed by atoms with Gasteiger partial charge in [-0.3, -0.25) is 4.79 Å². The summed E-state index contributed by atoms with van der Waals surface area (Å²) in [6.45, 7) is 0. The van der Waals surface area contributed by atoms with Crippen LogP contribution >= 0.6 is 15.9 Å². The number of methoxy groups -OCH3 is 2. The van der Waals surface area contributed by atoms with Gasteiger partial charge in [0.05, 0.1) is 19.8 Å². The van der Waals surface area contributed by atoms with Crippen molar-refractivity contribution in [1.82, 2.24) is 0 Å². The van der Waals surface area contributed by atoms with Gasteiger partial charge >= 0.3 is 0 Å². The molecule has 0 saturated heterocycles. The maximum absolute atomic E-state index is 12.8. The van der Waals surface area contributed by atoms with E-state index >= 15 is 0 Å². The zero-order valence-corrected chi connectivity index (χ0v) is 13.4. The maximum Gasteiger partial charge on any atom is 0.170 e. The minimum Gasteiger partial charge on any atom is -0.495 e. The molecule has 0 heterocycles. The van der Waals surface area contributed by atoms with Gasteiger partial charge in [0.15, 0.2) is 5.78 Å². The number of carbonyl (C=O) groups excluding carboxylic acids is 1. The predicted molar refractivity (Wildman–Crippen MR) is 80.5 cm³/mol. The lowest BCUT2D eigenvalue weighted by molar-refractivity contribution is 0.0953. The summed E-state index contributed by atoms with van der Waals surface area (Å²) in [6, 6.07) is 3.65. The van der Waals surface area contributed by atoms with Crippen LogP contribution in [0.25, 0.3) is 0 Å². The van der Waals surface area contributed by atoms with Crippen LogP contribution in [-0.4, -0.2) is 20.0 Å². The van der Waals surface area contributed by atoms with Crippen LogP contribution in [0.1, 0.15) is 36.0 Å². The first-order valence-electron chi connectivity index (χ1n) is 7.13. The van der Waals surface area contributed by atoms with Crippen LogP contribution in [0.3, 0.4) is 0 Å². The average molecular weight is 339 g/mol. The van der Waals surface area contributed by atoms with Gasteiger partial charge in [-0.15, -0.1) is 0 Å². The normalized spacial score (nSPS) is 27.6. The van der Waals surface area contributed by atoms with E-state index in [4.69, 9.17) is 9.47 Å². The van der Waals surface area contributed by atoms with E-state index in [9.17, 15) is 4.79 Å². The summed E-state index contributed by atoms with van der Waals surface area (Å²) in [5.41, 5.74) is 0.680. The van der Waals surface area contributed by atoms with E-state index in [-0.39, 0.29) is 11.7 Å². The fraction of sp³-hybridized carbons (Fsp3) is 0.562. The molecule has 2 unspecified atom stereocenters. The molecule has 2 aliphatic carbocycles. The van der Waals surface area contributed by atoms with E-state index in [0.717, 1.165) is 4.47 Å². The molecule has 2 saturated carbocycles. The van der Waals surface area contributed by atoms with E-state index < -0.39 is 0 Å². The highest BCUT2D eigenvalue weighted by Crippen LogP contribution is 2.57. The van der Waals surface area contributed by atoms with Crippen molar-refractivity contribution in [3.05, 3.63) is 22.2 Å². The molecular weight excluding hydrogens is 320 g/mol. The van der Waals surface area contributed by atoms with Crippen molar-refractivity contribution in [2.75, 3.05) is 14.2 Å². The third kappa shape index (κ3) is 2.14. The summed E-state index contributed by atoms with van der Waals surface area (Å²) < 4.78 is 11.4. The smallest absolute Gasteiger partial charge is 0.170 e. The van der Waals surface area contributed by atoms with Crippen LogP contribution in [0.2, 0.25) is 0 Å². The third-order valence-electron chi connectivity index (χ3n) is 4.71. The Labute approximate surface area is 127 Å². The molecule has 0 bridgehead atoms. The minimum atomic E-state index is 0.215. The molecule has 108 valence electrons. The zero-order valence-electron chi connectivity index (χ0n) is 11.8. The van der Waals surface area contributed by atoms with Gasteiger partial charge in [-0.25, -0.2) is 0 Å². The van der Waals surface area contributed by atoms with Crippen LogP contribution in [0.4, 0.5) is 0 Å². The van der Waals surface area contributed by atoms with Gasteiger partial charge in [0.2, 0.25) is 0 Å². The van der Waals surface area contributed by atoms with Crippen LogP contribution in [-0.2, 0) is 0 Å². The first-order valence-corrected chi connectivity index (χ1v) is 7.93. The van der Waals surface area contributed by atoms with E-state index in [1.165, 1.54) is 25.7 Å². The molecule has 3 rings (SSSR count). The standard InChI is InChI=1S/C16H19BrO3/c1-19-12-8-7-11(16(20-2)14(12)17)15(18)13-9-5-3-4-6-10(9)13/h7-10,13H,3-6H2,1-2H3. The molecule has 0 spiro atoms. The number of ether oxygens (including phenoxy) is 2. The monoisotopic (exact) mass is 338 g/mol. The van der Waals surface area contributed by atoms with Crippen molar-refractivity contribution >= 4 is 21.7 Å². The van der Waals surface area contributed by atoms with E-state index in [0.29, 0.717) is 28.9 Å². The van der Waals surface area contributed by atoms with Gasteiger partial charge in [0, 0.05) is 5.92 Å². The van der Waals surface area contributed by atoms with E-state index in [1.54, 1.807) is 14.2 Å². The number of rotatable bonds is 4. The van der Waals surface area contributed by atoms with Crippen molar-refractivity contribution in [2.24, 2.45) is 17.8 Å². The Morgan fingerprint density at radius 2 is 1.80 bits per heavy atom. The number of carbonyl (C=O) groups is 1. The molecule has 2 aliphatic rings. The van der Waals surface area contributed by atoms with Gasteiger partial charge in [-0.1, -0.05) is 12.8 Å². The first-order chi connectivity index (χ1) is 9.69. The lowest BCUT2D eigenvalue weighted by atomic mass is 10.0. The Balaban J connectivity index is 1.90. The highest BCUT2D eigenvalue weighted by molar-refractivity contribution is 9.10. The quantitative estimate of drug-likeness (QED) is 0.776. The third-order valence-corrected chi connectivity index (χ3v) is 5.46. The SMILES string of the molecule is COc1ccc(C(=O)C2C3CCCCC32)c(OC)c1Br. The van der Waals surface area contributed by atoms with Gasteiger partial charge in [0.1, 0.15) is 16.0 Å². The summed E-state index contributed by atoms with van der Waals surface area (Å²) in [5, 5.41) is 0. The Morgan fingerprint density at radius 3 is 2.35 bits per heavy atom. The van der Waals surface area contributed by atoms with Gasteiger partial charge in [-0.05, 0) is 52.7 Å². The molecule has 2 atom stereocenters. The van der Waals surface area contributed by atoms with Crippen molar-refractivity contribution in [2.45, 2.75) is 25.7 Å². The van der Waals surface area contributed by atoms with Crippen molar-refractivity contribution in [3.63, 3.8) is 0 Å². The Bertz CT molecular complexity index is 529. The van der Waals surface area contributed by atoms with Gasteiger partial charge in [0.25, 0.3) is 0 Å². The van der Waals surface area contributed by atoms with Crippen LogP contribution in [0, 0.1) is 17.8 Å². The summed E-state index contributed by atoms with van der Waals surface area (Å²) >= 11 is 3.46. The van der Waals surface area contributed by atoms with Gasteiger partial charge < -0.3 is 9.47 Å². The first kappa shape index (κ1) is 13.9. The second-order valence-electron chi connectivity index (χ2n) is 5.66. The Hall–Kier alpha value is -1.03. The molecule has 0 aromatic heterocycles. The number of hydrogen-bond acceptors (Lipinski definition) is 3. The fourth-order valence-electron chi connectivity index (χ4n) is 3.65. The maximum atomic E-state index is 12.8. The molecule has 1 aromatic carbocycles. The van der Waals surface area contributed by atoms with E-state index in [1.807, 2.05) is 12.1 Å². The molecule has 4 heteroatoms. The predicted octanol–water partition coefficient (Wildman–Crippen LogP) is 4.09. The second-order valence-corrected chi connectivity index (χ2v) is 6.46. The number of ketones is 1. The summed E-state index contributed by atoms with van der Waals surface area (Å²) in [7, 11) is 3.20. The molecule has 0 N–H and O–H groups in total. The number of hydrogen-bond donors (Lipinski definition) is 0. The van der Waals surface area contributed by atoms with Crippen LogP contribution in [0.5, 0.6) is 11.5 Å². The van der Waals surface area contributed by atoms with Crippen molar-refractivity contribution in [1.29, 1.82) is 0 Å². The van der Waals surface area contributed by atoms with Crippen LogP contribution in [0.15, 0.2) is 16.6 Å². The fourth-order valence-corrected chi connectivity index (χ4v) is 4.32. The lowest BCUT2D eigenvalue weighted by Crippen LogP contribution is -2.07. The summed E-state index contributed by atoms with van der Waals surface area (Å²) in [4.78, 5) is 12.8. The second kappa shape index (κ2) is 5.40. The summed E-state index contributed by atoms with van der Waals surface area (Å²) in [5.74, 6) is 2.96. The summed E-state index contributed by atoms with van der Waals surface area (Å²) in [6.07, 6.45) is 4.96. The highest BCUT2D eigenvalue weighted by atomic mass is 79.9. The molecule has 3 nitrogen and oxygen atoms in total. The van der Waals surface area contributed by atoms with Gasteiger partial charge in [-0.2, -0.15) is 0 Å². The molecule has 0 amide bonds. The molecule has 0 aliphatic heterocycles. The zero-order chi connectivity index (χ0) is 14.3. The number of fused-ring (bicyclic) bond motifs is 1. The highest BCUT2D eigenvalue weighted by Gasteiger charge is 2.55. The molecule has 0 radical (unpaired) electrons. The van der Waals surface area contributed by atoms with Crippen LogP contribution < -0.4 is 9.47 Å². The lowest BCUT2D eigenvalue weighted by Gasteiger charge is -2.12. The largest absolute Gasteiger partial charge is 0.495 e. The Kier molecular flexibility index (Phi) is 3.76. The Morgan fingerprint density at radius 1 is 1.15 bits per heavy atom. The minimum absolute atomic E-state index is 0.215. The molecule has 1 aromatic rings. The topological polar surface area (TPSA) is 35.5 Å². The number of benzene rings is 1. The van der Waals surface area contributed by atoms with E-state index in [2.05, 4.69) is 15.9 Å². The number of halogens is 1. The average Bonchev–Trinajstić information content (AvgIpc) is 3.20. The molecular formula is C16H19BrO3. The van der Waals surface area contributed by atoms with Crippen molar-refractivity contribution in [3.8, 4) is 11.5 Å². The molecule has 20 heavy (non-hydrogen) atoms. The molecule has 2 fully saturated rings.